The van der Waals surface area contributed by atoms with Gasteiger partial charge in [0.15, 0.2) is 0 Å². The van der Waals surface area contributed by atoms with E-state index in [-0.39, 0.29) is 24.4 Å². The van der Waals surface area contributed by atoms with Crippen LogP contribution < -0.4 is 15.4 Å². The number of carbonyl (C=O) groups excluding carboxylic acids is 1. The van der Waals surface area contributed by atoms with Gasteiger partial charge in [0.1, 0.15) is 5.75 Å². The predicted molar refractivity (Wildman–Crippen MR) is 111 cm³/mol. The molecule has 1 amide bonds. The van der Waals surface area contributed by atoms with Crippen molar-refractivity contribution in [3.63, 3.8) is 0 Å². The van der Waals surface area contributed by atoms with Crippen LogP contribution in [0.3, 0.4) is 0 Å². The Labute approximate surface area is 168 Å². The molecule has 27 heavy (non-hydrogen) atoms. The molecule has 146 valence electrons. The van der Waals surface area contributed by atoms with E-state index < -0.39 is 6.10 Å². The molecule has 1 heterocycles. The monoisotopic (exact) mass is 388 g/mol. The first-order chi connectivity index (χ1) is 12.7. The number of para-hydroxylation sites is 1. The van der Waals surface area contributed by atoms with Crippen LogP contribution in [0.25, 0.3) is 0 Å². The molecule has 1 aliphatic heterocycles. The molecule has 5 heteroatoms. The fourth-order valence-electron chi connectivity index (χ4n) is 3.43. The molecule has 2 N–H and O–H groups in total. The van der Waals surface area contributed by atoms with Crippen LogP contribution in [-0.2, 0) is 11.2 Å². The van der Waals surface area contributed by atoms with Gasteiger partial charge in [0.05, 0.1) is 0 Å². The molecular formula is C22H29ClN2O2. The van der Waals surface area contributed by atoms with E-state index in [1.165, 1.54) is 0 Å². The van der Waals surface area contributed by atoms with Crippen molar-refractivity contribution in [2.75, 3.05) is 13.1 Å². The van der Waals surface area contributed by atoms with Gasteiger partial charge in [-0.15, -0.1) is 12.4 Å². The lowest BCUT2D eigenvalue weighted by molar-refractivity contribution is -0.129. The van der Waals surface area contributed by atoms with Gasteiger partial charge in [-0.05, 0) is 43.5 Å². The van der Waals surface area contributed by atoms with Gasteiger partial charge in [-0.2, -0.15) is 0 Å². The van der Waals surface area contributed by atoms with Crippen LogP contribution in [0.15, 0.2) is 54.6 Å². The average Bonchev–Trinajstić information content (AvgIpc) is 2.68. The molecule has 0 radical (unpaired) electrons. The molecule has 1 aliphatic rings. The SMILES string of the molecule is CCc1ccccc1OC(C(=O)NC1CCNCC1C)c1ccccc1.Cl. The highest BCUT2D eigenvalue weighted by molar-refractivity contribution is 5.85. The van der Waals surface area contributed by atoms with Crippen LogP contribution in [0.2, 0.25) is 0 Å². The number of ether oxygens (including phenoxy) is 1. The van der Waals surface area contributed by atoms with E-state index in [9.17, 15) is 4.79 Å². The summed E-state index contributed by atoms with van der Waals surface area (Å²) >= 11 is 0. The first-order valence-electron chi connectivity index (χ1n) is 9.49. The molecule has 0 spiro atoms. The molecule has 2 aromatic rings. The zero-order chi connectivity index (χ0) is 18.4. The Bertz CT molecular complexity index is 723. The minimum atomic E-state index is -0.647. The smallest absolute Gasteiger partial charge is 0.266 e. The maximum absolute atomic E-state index is 13.1. The van der Waals surface area contributed by atoms with E-state index in [0.29, 0.717) is 5.92 Å². The molecule has 3 rings (SSSR count). The van der Waals surface area contributed by atoms with Gasteiger partial charge in [-0.3, -0.25) is 4.79 Å². The number of amides is 1. The van der Waals surface area contributed by atoms with Gasteiger partial charge in [-0.25, -0.2) is 0 Å². The van der Waals surface area contributed by atoms with E-state index in [4.69, 9.17) is 4.74 Å². The summed E-state index contributed by atoms with van der Waals surface area (Å²) in [7, 11) is 0. The molecular weight excluding hydrogens is 360 g/mol. The summed E-state index contributed by atoms with van der Waals surface area (Å²) in [6.45, 7) is 6.13. The fraction of sp³-hybridized carbons (Fsp3) is 0.409. The summed E-state index contributed by atoms with van der Waals surface area (Å²) in [5.41, 5.74) is 1.98. The van der Waals surface area contributed by atoms with Crippen molar-refractivity contribution in [1.82, 2.24) is 10.6 Å². The second-order valence-corrected chi connectivity index (χ2v) is 6.96. The molecule has 0 bridgehead atoms. The van der Waals surface area contributed by atoms with Crippen LogP contribution >= 0.6 is 12.4 Å². The molecule has 2 aromatic carbocycles. The van der Waals surface area contributed by atoms with Crippen molar-refractivity contribution in [3.8, 4) is 5.75 Å². The zero-order valence-electron chi connectivity index (χ0n) is 16.0. The highest BCUT2D eigenvalue weighted by Crippen LogP contribution is 2.26. The second kappa shape index (κ2) is 10.3. The number of rotatable bonds is 6. The number of hydrogen-bond donors (Lipinski definition) is 2. The van der Waals surface area contributed by atoms with Crippen LogP contribution in [0, 0.1) is 5.92 Å². The Hall–Kier alpha value is -2.04. The maximum Gasteiger partial charge on any atom is 0.266 e. The van der Waals surface area contributed by atoms with Crippen LogP contribution in [0.5, 0.6) is 5.75 Å². The normalized spacial score (nSPS) is 20.2. The topological polar surface area (TPSA) is 50.4 Å². The molecule has 3 unspecified atom stereocenters. The Morgan fingerprint density at radius 3 is 2.59 bits per heavy atom. The Morgan fingerprint density at radius 2 is 1.89 bits per heavy atom. The van der Waals surface area contributed by atoms with Crippen molar-refractivity contribution >= 4 is 18.3 Å². The molecule has 4 nitrogen and oxygen atoms in total. The quantitative estimate of drug-likeness (QED) is 0.788. The van der Waals surface area contributed by atoms with E-state index in [1.807, 2.05) is 54.6 Å². The lowest BCUT2D eigenvalue weighted by atomic mass is 9.95. The summed E-state index contributed by atoms with van der Waals surface area (Å²) in [5.74, 6) is 1.12. The van der Waals surface area contributed by atoms with Gasteiger partial charge < -0.3 is 15.4 Å². The molecule has 1 fully saturated rings. The summed E-state index contributed by atoms with van der Waals surface area (Å²) in [6, 6.07) is 17.8. The van der Waals surface area contributed by atoms with Crippen molar-refractivity contribution in [2.24, 2.45) is 5.92 Å². The van der Waals surface area contributed by atoms with Gasteiger partial charge in [0.2, 0.25) is 6.10 Å². The molecule has 0 saturated carbocycles. The third-order valence-electron chi connectivity index (χ3n) is 5.05. The average molecular weight is 389 g/mol. The predicted octanol–water partition coefficient (Wildman–Crippen LogP) is 3.91. The number of piperidine rings is 1. The first-order valence-corrected chi connectivity index (χ1v) is 9.49. The zero-order valence-corrected chi connectivity index (χ0v) is 16.8. The summed E-state index contributed by atoms with van der Waals surface area (Å²) < 4.78 is 6.23. The summed E-state index contributed by atoms with van der Waals surface area (Å²) in [4.78, 5) is 13.1. The third kappa shape index (κ3) is 5.47. The van der Waals surface area contributed by atoms with E-state index in [0.717, 1.165) is 42.8 Å². The molecule has 0 aromatic heterocycles. The number of aryl methyl sites for hydroxylation is 1. The largest absolute Gasteiger partial charge is 0.476 e. The summed E-state index contributed by atoms with van der Waals surface area (Å²) in [6.07, 6.45) is 1.16. The summed E-state index contributed by atoms with van der Waals surface area (Å²) in [5, 5.41) is 6.59. The van der Waals surface area contributed by atoms with Gasteiger partial charge >= 0.3 is 0 Å². The number of halogens is 1. The third-order valence-corrected chi connectivity index (χ3v) is 5.05. The molecule has 1 saturated heterocycles. The standard InChI is InChI=1S/C22H28N2O2.ClH/c1-3-17-9-7-8-12-20(17)26-21(18-10-5-4-6-11-18)22(25)24-19-13-14-23-15-16(19)2;/h4-12,16,19,21,23H,3,13-15H2,1-2H3,(H,24,25);1H. The lowest BCUT2D eigenvalue weighted by Crippen LogP contribution is -2.50. The van der Waals surface area contributed by atoms with Gasteiger partial charge in [0, 0.05) is 11.6 Å². The Balaban J connectivity index is 0.00000261. The lowest BCUT2D eigenvalue weighted by Gasteiger charge is -2.31. The van der Waals surface area contributed by atoms with Gasteiger partial charge in [0.25, 0.3) is 5.91 Å². The van der Waals surface area contributed by atoms with Crippen LogP contribution in [0.4, 0.5) is 0 Å². The minimum absolute atomic E-state index is 0. The van der Waals surface area contributed by atoms with E-state index in [1.54, 1.807) is 0 Å². The maximum atomic E-state index is 13.1. The number of carbonyl (C=O) groups is 1. The Kier molecular flexibility index (Phi) is 8.14. The van der Waals surface area contributed by atoms with Crippen LogP contribution in [-0.4, -0.2) is 25.0 Å². The molecule has 0 aliphatic carbocycles. The van der Waals surface area contributed by atoms with E-state index >= 15 is 0 Å². The number of nitrogens with one attached hydrogen (secondary N) is 2. The van der Waals surface area contributed by atoms with Crippen molar-refractivity contribution in [3.05, 3.63) is 65.7 Å². The van der Waals surface area contributed by atoms with E-state index in [2.05, 4.69) is 24.5 Å². The van der Waals surface area contributed by atoms with Gasteiger partial charge in [-0.1, -0.05) is 62.4 Å². The Morgan fingerprint density at radius 1 is 1.19 bits per heavy atom. The number of hydrogen-bond acceptors (Lipinski definition) is 3. The minimum Gasteiger partial charge on any atom is -0.476 e. The van der Waals surface area contributed by atoms with Crippen LogP contribution in [0.1, 0.15) is 37.5 Å². The van der Waals surface area contributed by atoms with Crippen molar-refractivity contribution in [1.29, 1.82) is 0 Å². The fourth-order valence-corrected chi connectivity index (χ4v) is 3.43. The highest BCUT2D eigenvalue weighted by atomic mass is 35.5. The van der Waals surface area contributed by atoms with Crippen molar-refractivity contribution < 1.29 is 9.53 Å². The van der Waals surface area contributed by atoms with Crippen molar-refractivity contribution in [2.45, 2.75) is 38.8 Å². The highest BCUT2D eigenvalue weighted by Gasteiger charge is 2.29. The number of benzene rings is 2. The second-order valence-electron chi connectivity index (χ2n) is 6.96. The first kappa shape index (κ1) is 21.3. The molecule has 3 atom stereocenters.